The van der Waals surface area contributed by atoms with Crippen LogP contribution in [0.2, 0.25) is 0 Å². The van der Waals surface area contributed by atoms with Gasteiger partial charge in [0, 0.05) is 11.4 Å². The van der Waals surface area contributed by atoms with E-state index >= 15 is 0 Å². The summed E-state index contributed by atoms with van der Waals surface area (Å²) in [5.74, 6) is 0. The fraction of sp³-hybridized carbons (Fsp3) is 0.294. The first-order valence-electron chi connectivity index (χ1n) is 7.13. The third-order valence-corrected chi connectivity index (χ3v) is 3.37. The van der Waals surface area contributed by atoms with E-state index in [4.69, 9.17) is 0 Å². The molecule has 0 aliphatic carbocycles. The van der Waals surface area contributed by atoms with E-state index in [9.17, 15) is 10.2 Å². The number of aliphatic hydroxyl groups excluding tert-OH is 2. The molecule has 2 rings (SSSR count). The highest BCUT2D eigenvalue weighted by Gasteiger charge is 2.17. The number of nitrogens with one attached hydrogen (secondary N) is 2. The van der Waals surface area contributed by atoms with Crippen molar-refractivity contribution in [3.8, 4) is 0 Å². The molecule has 2 unspecified atom stereocenters. The number of hydrogen-bond acceptors (Lipinski definition) is 4. The van der Waals surface area contributed by atoms with Gasteiger partial charge < -0.3 is 20.8 Å². The first-order valence-corrected chi connectivity index (χ1v) is 7.13. The molecule has 2 aromatic carbocycles. The number of para-hydroxylation sites is 1. The van der Waals surface area contributed by atoms with Crippen LogP contribution in [0.4, 0.5) is 11.4 Å². The molecule has 0 aliphatic heterocycles. The zero-order chi connectivity index (χ0) is 15.1. The SMILES string of the molecule is CNCCC(O)C(O)c1ccc(Nc2ccccc2)cc1. The average molecular weight is 286 g/mol. The molecule has 0 bridgehead atoms. The van der Waals surface area contributed by atoms with E-state index in [-0.39, 0.29) is 0 Å². The van der Waals surface area contributed by atoms with E-state index in [0.29, 0.717) is 13.0 Å². The van der Waals surface area contributed by atoms with Crippen molar-refractivity contribution in [3.63, 3.8) is 0 Å². The van der Waals surface area contributed by atoms with Crippen molar-refractivity contribution in [1.29, 1.82) is 0 Å². The standard InChI is InChI=1S/C17H22N2O2/c1-18-12-11-16(20)17(21)13-7-9-15(10-8-13)19-14-5-3-2-4-6-14/h2-10,16-21H,11-12H2,1H3. The molecule has 4 heteroatoms. The van der Waals surface area contributed by atoms with Crippen LogP contribution in [0.3, 0.4) is 0 Å². The lowest BCUT2D eigenvalue weighted by Gasteiger charge is -2.18. The number of benzene rings is 2. The summed E-state index contributed by atoms with van der Waals surface area (Å²) < 4.78 is 0. The van der Waals surface area contributed by atoms with E-state index < -0.39 is 12.2 Å². The maximum Gasteiger partial charge on any atom is 0.105 e. The van der Waals surface area contributed by atoms with Gasteiger partial charge in [-0.15, -0.1) is 0 Å². The molecule has 0 saturated carbocycles. The van der Waals surface area contributed by atoms with Gasteiger partial charge in [0.25, 0.3) is 0 Å². The van der Waals surface area contributed by atoms with E-state index in [1.54, 1.807) is 0 Å². The third-order valence-electron chi connectivity index (χ3n) is 3.37. The Morgan fingerprint density at radius 3 is 2.14 bits per heavy atom. The van der Waals surface area contributed by atoms with Gasteiger partial charge in [-0.05, 0) is 49.8 Å². The van der Waals surface area contributed by atoms with Gasteiger partial charge in [0.2, 0.25) is 0 Å². The summed E-state index contributed by atoms with van der Waals surface area (Å²) in [6, 6.07) is 17.4. The highest BCUT2D eigenvalue weighted by Crippen LogP contribution is 2.22. The van der Waals surface area contributed by atoms with Crippen LogP contribution in [-0.4, -0.2) is 29.9 Å². The van der Waals surface area contributed by atoms with Crippen molar-refractivity contribution in [2.45, 2.75) is 18.6 Å². The zero-order valence-corrected chi connectivity index (χ0v) is 12.2. The topological polar surface area (TPSA) is 64.5 Å². The molecule has 4 nitrogen and oxygen atoms in total. The lowest BCUT2D eigenvalue weighted by atomic mass is 10.0. The lowest BCUT2D eigenvalue weighted by Crippen LogP contribution is -2.23. The zero-order valence-electron chi connectivity index (χ0n) is 12.2. The summed E-state index contributed by atoms with van der Waals surface area (Å²) in [6.07, 6.45) is -1.10. The molecule has 0 aromatic heterocycles. The van der Waals surface area contributed by atoms with Gasteiger partial charge in [-0.25, -0.2) is 0 Å². The first kappa shape index (κ1) is 15.5. The summed E-state index contributed by atoms with van der Waals surface area (Å²) in [5.41, 5.74) is 2.68. The predicted molar refractivity (Wildman–Crippen MR) is 85.7 cm³/mol. The maximum atomic E-state index is 10.1. The number of aliphatic hydroxyl groups is 2. The normalized spacial score (nSPS) is 13.7. The van der Waals surface area contributed by atoms with E-state index in [1.807, 2.05) is 61.6 Å². The second kappa shape index (κ2) is 7.78. The smallest absolute Gasteiger partial charge is 0.105 e. The summed E-state index contributed by atoms with van der Waals surface area (Å²) in [6.45, 7) is 0.672. The number of anilines is 2. The quantitative estimate of drug-likeness (QED) is 0.631. The Bertz CT molecular complexity index is 528. The summed E-state index contributed by atoms with van der Waals surface area (Å²) in [4.78, 5) is 0. The Morgan fingerprint density at radius 2 is 1.52 bits per heavy atom. The molecule has 0 heterocycles. The molecule has 0 radical (unpaired) electrons. The molecular weight excluding hydrogens is 264 g/mol. The van der Waals surface area contributed by atoms with Crippen molar-refractivity contribution < 1.29 is 10.2 Å². The molecule has 2 atom stereocenters. The van der Waals surface area contributed by atoms with Gasteiger partial charge >= 0.3 is 0 Å². The monoisotopic (exact) mass is 286 g/mol. The van der Waals surface area contributed by atoms with Gasteiger partial charge in [0.05, 0.1) is 6.10 Å². The molecule has 0 aliphatic rings. The Balaban J connectivity index is 1.98. The Morgan fingerprint density at radius 1 is 0.905 bits per heavy atom. The van der Waals surface area contributed by atoms with E-state index in [0.717, 1.165) is 16.9 Å². The molecule has 0 spiro atoms. The molecule has 21 heavy (non-hydrogen) atoms. The number of hydrogen-bond donors (Lipinski definition) is 4. The summed E-state index contributed by atoms with van der Waals surface area (Å²) in [5, 5.41) is 26.2. The Labute approximate surface area is 125 Å². The molecule has 0 saturated heterocycles. The van der Waals surface area contributed by atoms with Crippen LogP contribution in [0.1, 0.15) is 18.1 Å². The van der Waals surface area contributed by atoms with E-state index in [2.05, 4.69) is 10.6 Å². The lowest BCUT2D eigenvalue weighted by molar-refractivity contribution is 0.0140. The Kier molecular flexibility index (Phi) is 5.75. The van der Waals surface area contributed by atoms with Crippen LogP contribution in [0.15, 0.2) is 54.6 Å². The first-order chi connectivity index (χ1) is 10.2. The number of rotatable bonds is 7. The van der Waals surface area contributed by atoms with Crippen molar-refractivity contribution in [2.75, 3.05) is 18.9 Å². The molecule has 2 aromatic rings. The highest BCUT2D eigenvalue weighted by atomic mass is 16.3. The van der Waals surface area contributed by atoms with Crippen molar-refractivity contribution in [2.24, 2.45) is 0 Å². The van der Waals surface area contributed by atoms with Crippen LogP contribution >= 0.6 is 0 Å². The predicted octanol–water partition coefficient (Wildman–Crippen LogP) is 2.43. The fourth-order valence-electron chi connectivity index (χ4n) is 2.12. The van der Waals surface area contributed by atoms with Gasteiger partial charge in [-0.2, -0.15) is 0 Å². The van der Waals surface area contributed by atoms with Gasteiger partial charge in [0.1, 0.15) is 6.10 Å². The van der Waals surface area contributed by atoms with Crippen LogP contribution in [-0.2, 0) is 0 Å². The fourth-order valence-corrected chi connectivity index (χ4v) is 2.12. The highest BCUT2D eigenvalue weighted by molar-refractivity contribution is 5.59. The van der Waals surface area contributed by atoms with Crippen molar-refractivity contribution in [1.82, 2.24) is 5.32 Å². The largest absolute Gasteiger partial charge is 0.390 e. The maximum absolute atomic E-state index is 10.1. The van der Waals surface area contributed by atoms with Crippen LogP contribution < -0.4 is 10.6 Å². The minimum Gasteiger partial charge on any atom is -0.390 e. The second-order valence-electron chi connectivity index (χ2n) is 5.02. The second-order valence-corrected chi connectivity index (χ2v) is 5.02. The van der Waals surface area contributed by atoms with Crippen LogP contribution in [0.25, 0.3) is 0 Å². The molecular formula is C17H22N2O2. The van der Waals surface area contributed by atoms with Crippen LogP contribution in [0, 0.1) is 0 Å². The van der Waals surface area contributed by atoms with Gasteiger partial charge in [-0.1, -0.05) is 30.3 Å². The minimum absolute atomic E-state index is 0.516. The molecule has 112 valence electrons. The third kappa shape index (κ3) is 4.56. The molecule has 4 N–H and O–H groups in total. The minimum atomic E-state index is -0.857. The average Bonchev–Trinajstić information content (AvgIpc) is 2.53. The summed E-state index contributed by atoms with van der Waals surface area (Å²) in [7, 11) is 1.82. The molecule has 0 fully saturated rings. The van der Waals surface area contributed by atoms with E-state index in [1.165, 1.54) is 0 Å². The van der Waals surface area contributed by atoms with Crippen molar-refractivity contribution >= 4 is 11.4 Å². The van der Waals surface area contributed by atoms with Gasteiger partial charge in [-0.3, -0.25) is 0 Å². The molecule has 0 amide bonds. The summed E-state index contributed by atoms with van der Waals surface area (Å²) >= 11 is 0. The van der Waals surface area contributed by atoms with Gasteiger partial charge in [0.15, 0.2) is 0 Å². The van der Waals surface area contributed by atoms with Crippen molar-refractivity contribution in [3.05, 3.63) is 60.2 Å². The Hall–Kier alpha value is -1.88. The van der Waals surface area contributed by atoms with Crippen LogP contribution in [0.5, 0.6) is 0 Å².